The Morgan fingerprint density at radius 1 is 1.37 bits per heavy atom. The van der Waals surface area contributed by atoms with Crippen LogP contribution in [-0.2, 0) is 9.59 Å². The summed E-state index contributed by atoms with van der Waals surface area (Å²) in [6.45, 7) is 0.775. The summed E-state index contributed by atoms with van der Waals surface area (Å²) in [6.07, 6.45) is 2.01. The van der Waals surface area contributed by atoms with Crippen LogP contribution in [-0.4, -0.2) is 41.9 Å². The average molecular weight is 260 g/mol. The number of para-hydroxylation sites is 1. The Kier molecular flexibility index (Phi) is 3.11. The Morgan fingerprint density at radius 3 is 2.95 bits per heavy atom. The van der Waals surface area contributed by atoms with Gasteiger partial charge in [0.05, 0.1) is 6.04 Å². The van der Waals surface area contributed by atoms with Crippen LogP contribution >= 0.6 is 0 Å². The van der Waals surface area contributed by atoms with Crippen molar-refractivity contribution in [2.75, 3.05) is 13.2 Å². The van der Waals surface area contributed by atoms with Crippen molar-refractivity contribution < 1.29 is 14.3 Å². The molecule has 1 aromatic carbocycles. The third-order valence-electron chi connectivity index (χ3n) is 3.66. The molecule has 100 valence electrons. The van der Waals surface area contributed by atoms with Gasteiger partial charge in [-0.15, -0.1) is 0 Å². The molecule has 19 heavy (non-hydrogen) atoms. The second kappa shape index (κ2) is 4.91. The van der Waals surface area contributed by atoms with Gasteiger partial charge < -0.3 is 15.0 Å². The van der Waals surface area contributed by atoms with Crippen LogP contribution in [0.2, 0.25) is 0 Å². The van der Waals surface area contributed by atoms with E-state index in [1.165, 1.54) is 0 Å². The van der Waals surface area contributed by atoms with Crippen molar-refractivity contribution in [1.29, 1.82) is 0 Å². The first-order valence-corrected chi connectivity index (χ1v) is 6.53. The van der Waals surface area contributed by atoms with Crippen molar-refractivity contribution in [3.63, 3.8) is 0 Å². The van der Waals surface area contributed by atoms with Gasteiger partial charge in [0, 0.05) is 6.54 Å². The largest absolute Gasteiger partial charge is 0.484 e. The highest BCUT2D eigenvalue weighted by Gasteiger charge is 2.50. The maximum Gasteiger partial charge on any atom is 0.258 e. The van der Waals surface area contributed by atoms with Gasteiger partial charge in [0.1, 0.15) is 11.8 Å². The zero-order chi connectivity index (χ0) is 13.2. The molecule has 2 saturated heterocycles. The molecule has 1 unspecified atom stereocenters. The van der Waals surface area contributed by atoms with Gasteiger partial charge in [-0.1, -0.05) is 18.2 Å². The third kappa shape index (κ3) is 2.28. The molecule has 3 rings (SSSR count). The molecule has 2 aliphatic heterocycles. The minimum atomic E-state index is -0.339. The molecule has 2 amide bonds. The lowest BCUT2D eigenvalue weighted by molar-refractivity contribution is -0.150. The summed E-state index contributed by atoms with van der Waals surface area (Å²) in [4.78, 5) is 25.3. The van der Waals surface area contributed by atoms with Gasteiger partial charge in [0.15, 0.2) is 6.61 Å². The van der Waals surface area contributed by atoms with Gasteiger partial charge in [0.2, 0.25) is 5.91 Å². The van der Waals surface area contributed by atoms with Crippen LogP contribution in [0.15, 0.2) is 30.3 Å². The summed E-state index contributed by atoms with van der Waals surface area (Å²) in [6, 6.07) is 9.02. The van der Waals surface area contributed by atoms with Crippen molar-refractivity contribution in [2.24, 2.45) is 0 Å². The number of hydrogen-bond donors (Lipinski definition) is 1. The van der Waals surface area contributed by atoms with Crippen molar-refractivity contribution in [3.05, 3.63) is 30.3 Å². The van der Waals surface area contributed by atoms with Crippen LogP contribution in [0, 0.1) is 0 Å². The van der Waals surface area contributed by atoms with Gasteiger partial charge in [-0.25, -0.2) is 0 Å². The minimum absolute atomic E-state index is 0.0376. The summed E-state index contributed by atoms with van der Waals surface area (Å²) in [5, 5.41) is 2.75. The lowest BCUT2D eigenvalue weighted by atomic mass is 9.96. The number of nitrogens with one attached hydrogen (secondary N) is 1. The van der Waals surface area contributed by atoms with E-state index in [0.717, 1.165) is 19.4 Å². The molecule has 5 heteroatoms. The third-order valence-corrected chi connectivity index (χ3v) is 3.66. The maximum atomic E-state index is 11.7. The molecule has 0 radical (unpaired) electrons. The van der Waals surface area contributed by atoms with Crippen molar-refractivity contribution >= 4 is 11.8 Å². The molecule has 2 heterocycles. The molecule has 5 nitrogen and oxygen atoms in total. The number of fused-ring (bicyclic) bond motifs is 1. The van der Waals surface area contributed by atoms with E-state index in [2.05, 4.69) is 5.32 Å². The summed E-state index contributed by atoms with van der Waals surface area (Å²) < 4.78 is 5.35. The first-order chi connectivity index (χ1) is 9.25. The lowest BCUT2D eigenvalue weighted by Crippen LogP contribution is -2.68. The van der Waals surface area contributed by atoms with E-state index in [1.807, 2.05) is 23.1 Å². The summed E-state index contributed by atoms with van der Waals surface area (Å²) >= 11 is 0. The molecule has 0 spiro atoms. The van der Waals surface area contributed by atoms with Crippen LogP contribution in [0.5, 0.6) is 5.75 Å². The molecule has 2 atom stereocenters. The van der Waals surface area contributed by atoms with Crippen LogP contribution in [0.1, 0.15) is 12.8 Å². The van der Waals surface area contributed by atoms with Crippen LogP contribution in [0.4, 0.5) is 0 Å². The van der Waals surface area contributed by atoms with E-state index in [4.69, 9.17) is 4.74 Å². The summed E-state index contributed by atoms with van der Waals surface area (Å²) in [7, 11) is 0. The normalized spacial score (nSPS) is 24.6. The first-order valence-electron chi connectivity index (χ1n) is 6.53. The number of carbonyl (C=O) groups excluding carboxylic acids is 2. The molecule has 0 aromatic heterocycles. The van der Waals surface area contributed by atoms with E-state index in [-0.39, 0.29) is 30.5 Å². The summed E-state index contributed by atoms with van der Waals surface area (Å²) in [5.74, 6) is 0.449. The molecule has 0 aliphatic carbocycles. The topological polar surface area (TPSA) is 58.6 Å². The Bertz CT molecular complexity index is 489. The molecular weight excluding hydrogens is 244 g/mol. The minimum Gasteiger partial charge on any atom is -0.484 e. The SMILES string of the molecule is O=C(COc1ccccc1)NC1C(=O)N2CCC[C@H]12. The number of carbonyl (C=O) groups is 2. The maximum absolute atomic E-state index is 11.7. The number of hydrogen-bond acceptors (Lipinski definition) is 3. The molecule has 0 saturated carbocycles. The quantitative estimate of drug-likeness (QED) is 0.805. The van der Waals surface area contributed by atoms with Crippen LogP contribution in [0.25, 0.3) is 0 Å². The first kappa shape index (κ1) is 12.0. The van der Waals surface area contributed by atoms with Crippen molar-refractivity contribution in [3.8, 4) is 5.75 Å². The average Bonchev–Trinajstić information content (AvgIpc) is 2.88. The number of amides is 2. The van der Waals surface area contributed by atoms with E-state index in [0.29, 0.717) is 5.75 Å². The predicted molar refractivity (Wildman–Crippen MR) is 68.6 cm³/mol. The zero-order valence-electron chi connectivity index (χ0n) is 10.5. The van der Waals surface area contributed by atoms with Crippen LogP contribution in [0.3, 0.4) is 0 Å². The molecule has 2 aliphatic rings. The predicted octanol–water partition coefficient (Wildman–Crippen LogP) is 0.555. The van der Waals surface area contributed by atoms with Gasteiger partial charge in [-0.05, 0) is 25.0 Å². The second-order valence-electron chi connectivity index (χ2n) is 4.89. The molecule has 2 fully saturated rings. The Hall–Kier alpha value is -2.04. The summed E-state index contributed by atoms with van der Waals surface area (Å²) in [5.41, 5.74) is 0. The molecule has 0 bridgehead atoms. The highest BCUT2D eigenvalue weighted by Crippen LogP contribution is 2.30. The Labute approximate surface area is 111 Å². The number of β-lactam (4-membered cyclic amide) rings is 1. The van der Waals surface area contributed by atoms with E-state index in [9.17, 15) is 9.59 Å². The number of benzene rings is 1. The number of ether oxygens (including phenoxy) is 1. The van der Waals surface area contributed by atoms with Gasteiger partial charge >= 0.3 is 0 Å². The van der Waals surface area contributed by atoms with E-state index >= 15 is 0 Å². The fourth-order valence-corrected chi connectivity index (χ4v) is 2.71. The smallest absolute Gasteiger partial charge is 0.258 e. The Balaban J connectivity index is 1.48. The van der Waals surface area contributed by atoms with Gasteiger partial charge in [0.25, 0.3) is 5.91 Å². The monoisotopic (exact) mass is 260 g/mol. The van der Waals surface area contributed by atoms with E-state index in [1.54, 1.807) is 12.1 Å². The Morgan fingerprint density at radius 2 is 2.16 bits per heavy atom. The fourth-order valence-electron chi connectivity index (χ4n) is 2.71. The molecular formula is C14H16N2O3. The fraction of sp³-hybridized carbons (Fsp3) is 0.429. The van der Waals surface area contributed by atoms with E-state index < -0.39 is 0 Å². The molecule has 1 N–H and O–H groups in total. The zero-order valence-corrected chi connectivity index (χ0v) is 10.5. The molecule has 1 aromatic rings. The van der Waals surface area contributed by atoms with Crippen LogP contribution < -0.4 is 10.1 Å². The van der Waals surface area contributed by atoms with Gasteiger partial charge in [-0.2, -0.15) is 0 Å². The van der Waals surface area contributed by atoms with Gasteiger partial charge in [-0.3, -0.25) is 9.59 Å². The highest BCUT2D eigenvalue weighted by atomic mass is 16.5. The van der Waals surface area contributed by atoms with Crippen molar-refractivity contribution in [1.82, 2.24) is 10.2 Å². The van der Waals surface area contributed by atoms with Crippen molar-refractivity contribution in [2.45, 2.75) is 24.9 Å². The second-order valence-corrected chi connectivity index (χ2v) is 4.89. The lowest BCUT2D eigenvalue weighted by Gasteiger charge is -2.42. The number of rotatable bonds is 4. The highest BCUT2D eigenvalue weighted by molar-refractivity contribution is 5.94. The number of nitrogens with zero attached hydrogens (tertiary/aromatic N) is 1. The standard InChI is InChI=1S/C14H16N2O3/c17-12(9-19-10-5-2-1-3-6-10)15-13-11-7-4-8-16(11)14(13)18/h1-3,5-6,11,13H,4,7-9H2,(H,15,17)/t11-,13?/m1/s1.